The van der Waals surface area contributed by atoms with Crippen LogP contribution in [0.1, 0.15) is 12.8 Å². The Kier molecular flexibility index (Phi) is 7.74. The molecule has 1 aromatic heterocycles. The number of hydrogen-bond acceptors (Lipinski definition) is 8. The van der Waals surface area contributed by atoms with E-state index in [4.69, 9.17) is 16.2 Å². The van der Waals surface area contributed by atoms with E-state index in [1.54, 1.807) is 6.20 Å². The van der Waals surface area contributed by atoms with E-state index < -0.39 is 17.9 Å². The second-order valence-corrected chi connectivity index (χ2v) is 8.22. The molecule has 10 nitrogen and oxygen atoms in total. The van der Waals surface area contributed by atoms with Gasteiger partial charge >= 0.3 is 0 Å². The molecule has 4 rings (SSSR count). The Balaban J connectivity index is 1.40. The van der Waals surface area contributed by atoms with Crippen LogP contribution >= 0.6 is 0 Å². The number of amides is 2. The molecule has 2 amide bonds. The van der Waals surface area contributed by atoms with Crippen molar-refractivity contribution in [2.24, 2.45) is 11.5 Å². The highest BCUT2D eigenvalue weighted by atomic mass is 16.5. The van der Waals surface area contributed by atoms with Crippen LogP contribution in [0.2, 0.25) is 0 Å². The minimum absolute atomic E-state index is 0.0747. The number of hydrogen-bond donors (Lipinski definition) is 4. The van der Waals surface area contributed by atoms with E-state index in [1.165, 1.54) is 0 Å². The molecular weight excluding hydrogens is 446 g/mol. The van der Waals surface area contributed by atoms with Crippen molar-refractivity contribution in [3.63, 3.8) is 0 Å². The molecule has 2 heterocycles. The summed E-state index contributed by atoms with van der Waals surface area (Å²) in [7, 11) is 0. The number of nitrogens with one attached hydrogen (secondary N) is 2. The maximum Gasteiger partial charge on any atom is 0.239 e. The predicted molar refractivity (Wildman–Crippen MR) is 135 cm³/mol. The number of benzene rings is 2. The summed E-state index contributed by atoms with van der Waals surface area (Å²) in [5, 5.41) is 6.30. The maximum absolute atomic E-state index is 11.7. The van der Waals surface area contributed by atoms with E-state index in [0.29, 0.717) is 11.6 Å². The van der Waals surface area contributed by atoms with Crippen LogP contribution in [0.25, 0.3) is 11.3 Å². The lowest BCUT2D eigenvalue weighted by molar-refractivity contribution is -0.119. The Morgan fingerprint density at radius 3 is 2.31 bits per heavy atom. The van der Waals surface area contributed by atoms with Crippen LogP contribution < -0.4 is 27.0 Å². The van der Waals surface area contributed by atoms with E-state index in [1.807, 2.05) is 42.5 Å². The summed E-state index contributed by atoms with van der Waals surface area (Å²) in [5.74, 6) is -0.529. The predicted octanol–water partition coefficient (Wildman–Crippen LogP) is 2.26. The lowest BCUT2D eigenvalue weighted by Gasteiger charge is -2.28. The van der Waals surface area contributed by atoms with Gasteiger partial charge in [0.15, 0.2) is 0 Å². The number of ether oxygens (including phenoxy) is 1. The molecule has 0 bridgehead atoms. The number of primary amides is 2. The fraction of sp³-hybridized carbons (Fsp3) is 0.280. The van der Waals surface area contributed by atoms with Crippen LogP contribution in [-0.2, 0) is 14.3 Å². The largest absolute Gasteiger partial charge is 0.378 e. The Bertz CT molecular complexity index is 1150. The van der Waals surface area contributed by atoms with E-state index in [9.17, 15) is 9.59 Å². The fourth-order valence-electron chi connectivity index (χ4n) is 3.80. The zero-order valence-electron chi connectivity index (χ0n) is 19.3. The molecule has 0 spiro atoms. The average molecular weight is 476 g/mol. The monoisotopic (exact) mass is 475 g/mol. The number of carbonyl (C=O) groups is 2. The highest BCUT2D eigenvalue weighted by molar-refractivity contribution is 5.84. The summed E-state index contributed by atoms with van der Waals surface area (Å²) in [6.45, 7) is 3.28. The van der Waals surface area contributed by atoms with Crippen LogP contribution in [-0.4, -0.2) is 54.1 Å². The lowest BCUT2D eigenvalue weighted by atomic mass is 10.1. The molecule has 1 atom stereocenters. The summed E-state index contributed by atoms with van der Waals surface area (Å²) in [6, 6.07) is 16.7. The zero-order chi connectivity index (χ0) is 24.6. The first kappa shape index (κ1) is 24.0. The third-order valence-corrected chi connectivity index (χ3v) is 5.70. The topological polar surface area (TPSA) is 148 Å². The van der Waals surface area contributed by atoms with Crippen molar-refractivity contribution in [1.29, 1.82) is 0 Å². The summed E-state index contributed by atoms with van der Waals surface area (Å²) in [4.78, 5) is 33.9. The van der Waals surface area contributed by atoms with Crippen LogP contribution in [0, 0.1) is 0 Å². The van der Waals surface area contributed by atoms with Crippen LogP contribution in [0.15, 0.2) is 60.8 Å². The summed E-state index contributed by atoms with van der Waals surface area (Å²) < 4.78 is 5.41. The van der Waals surface area contributed by atoms with E-state index in [2.05, 4.69) is 37.6 Å². The number of anilines is 4. The van der Waals surface area contributed by atoms with Gasteiger partial charge in [0.2, 0.25) is 17.8 Å². The van der Waals surface area contributed by atoms with Gasteiger partial charge in [0.05, 0.1) is 18.9 Å². The average Bonchev–Trinajstić information content (AvgIpc) is 2.88. The SMILES string of the molecule is NC(=O)CC[C@H](Nc1ccc(-c2ccnc(Nc3ccc(N4CCOCC4)cc3)n2)cc1)C(N)=O. The van der Waals surface area contributed by atoms with Crippen molar-refractivity contribution in [3.8, 4) is 11.3 Å². The molecule has 182 valence electrons. The first-order chi connectivity index (χ1) is 17.0. The Labute approximate surface area is 203 Å². The van der Waals surface area contributed by atoms with E-state index >= 15 is 0 Å². The highest BCUT2D eigenvalue weighted by Crippen LogP contribution is 2.24. The zero-order valence-corrected chi connectivity index (χ0v) is 19.3. The molecule has 35 heavy (non-hydrogen) atoms. The van der Waals surface area contributed by atoms with Crippen molar-refractivity contribution in [2.45, 2.75) is 18.9 Å². The number of aromatic nitrogens is 2. The number of nitrogens with zero attached hydrogens (tertiary/aromatic N) is 3. The smallest absolute Gasteiger partial charge is 0.239 e. The second kappa shape index (κ2) is 11.3. The molecular formula is C25H29N7O3. The lowest BCUT2D eigenvalue weighted by Crippen LogP contribution is -2.36. The second-order valence-electron chi connectivity index (χ2n) is 8.22. The van der Waals surface area contributed by atoms with Gasteiger partial charge < -0.3 is 31.7 Å². The van der Waals surface area contributed by atoms with Gasteiger partial charge in [-0.3, -0.25) is 9.59 Å². The first-order valence-corrected chi connectivity index (χ1v) is 11.5. The third kappa shape index (κ3) is 6.67. The van der Waals surface area contributed by atoms with Crippen molar-refractivity contribution in [3.05, 3.63) is 60.8 Å². The van der Waals surface area contributed by atoms with Crippen molar-refractivity contribution < 1.29 is 14.3 Å². The fourth-order valence-corrected chi connectivity index (χ4v) is 3.80. The maximum atomic E-state index is 11.7. The molecule has 0 radical (unpaired) electrons. The van der Waals surface area contributed by atoms with Gasteiger partial charge in [-0.05, 0) is 48.9 Å². The molecule has 3 aromatic rings. The number of nitrogens with two attached hydrogens (primary N) is 2. The number of morpholine rings is 1. The molecule has 2 aromatic carbocycles. The van der Waals surface area contributed by atoms with E-state index in [-0.39, 0.29) is 12.8 Å². The van der Waals surface area contributed by atoms with Gasteiger partial charge in [-0.1, -0.05) is 12.1 Å². The molecule has 1 fully saturated rings. The van der Waals surface area contributed by atoms with Gasteiger partial charge in [0.25, 0.3) is 0 Å². The van der Waals surface area contributed by atoms with Gasteiger partial charge in [0.1, 0.15) is 6.04 Å². The quantitative estimate of drug-likeness (QED) is 0.349. The molecule has 0 saturated carbocycles. The van der Waals surface area contributed by atoms with E-state index in [0.717, 1.165) is 48.9 Å². The Morgan fingerprint density at radius 2 is 1.66 bits per heavy atom. The molecule has 1 aliphatic heterocycles. The minimum atomic E-state index is -0.683. The summed E-state index contributed by atoms with van der Waals surface area (Å²) >= 11 is 0. The summed E-state index contributed by atoms with van der Waals surface area (Å²) in [6.07, 6.45) is 2.01. The third-order valence-electron chi connectivity index (χ3n) is 5.70. The van der Waals surface area contributed by atoms with Gasteiger partial charge in [-0.15, -0.1) is 0 Å². The molecule has 0 unspecified atom stereocenters. The molecule has 1 aliphatic rings. The minimum Gasteiger partial charge on any atom is -0.378 e. The van der Waals surface area contributed by atoms with Crippen LogP contribution in [0.4, 0.5) is 23.0 Å². The van der Waals surface area contributed by atoms with Gasteiger partial charge in [-0.2, -0.15) is 0 Å². The van der Waals surface area contributed by atoms with Crippen molar-refractivity contribution in [1.82, 2.24) is 9.97 Å². The molecule has 0 aliphatic carbocycles. The van der Waals surface area contributed by atoms with Crippen LogP contribution in [0.5, 0.6) is 0 Å². The standard InChI is InChI=1S/C25H29N7O3/c26-23(33)10-9-22(24(27)34)29-18-3-1-17(2-4-18)21-11-12-28-25(31-21)30-19-5-7-20(8-6-19)32-13-15-35-16-14-32/h1-8,11-12,22,29H,9-10,13-16H2,(H2,26,33)(H2,27,34)(H,28,30,31)/t22-/m0/s1. The Hall–Kier alpha value is -4.18. The molecule has 1 saturated heterocycles. The molecule has 10 heteroatoms. The van der Waals surface area contributed by atoms with Gasteiger partial charge in [0, 0.05) is 48.3 Å². The van der Waals surface area contributed by atoms with Crippen molar-refractivity contribution in [2.75, 3.05) is 41.8 Å². The first-order valence-electron chi connectivity index (χ1n) is 11.5. The Morgan fingerprint density at radius 1 is 0.971 bits per heavy atom. The summed E-state index contributed by atoms with van der Waals surface area (Å²) in [5.41, 5.74) is 15.0. The molecule has 6 N–H and O–H groups in total. The highest BCUT2D eigenvalue weighted by Gasteiger charge is 2.16. The number of carbonyl (C=O) groups excluding carboxylic acids is 2. The number of rotatable bonds is 10. The normalized spacial score (nSPS) is 14.2. The van der Waals surface area contributed by atoms with Gasteiger partial charge in [-0.25, -0.2) is 9.97 Å². The van der Waals surface area contributed by atoms with Crippen LogP contribution in [0.3, 0.4) is 0 Å². The van der Waals surface area contributed by atoms with Crippen molar-refractivity contribution >= 4 is 34.8 Å².